The van der Waals surface area contributed by atoms with Crippen molar-refractivity contribution in [2.75, 3.05) is 18.9 Å². The normalized spacial score (nSPS) is 11.5. The molecule has 0 aromatic heterocycles. The van der Waals surface area contributed by atoms with Crippen molar-refractivity contribution in [1.29, 1.82) is 0 Å². The molecular formula is C16H17ClN2O3S. The van der Waals surface area contributed by atoms with Gasteiger partial charge in [0.1, 0.15) is 0 Å². The van der Waals surface area contributed by atoms with Crippen LogP contribution in [-0.4, -0.2) is 32.2 Å². The standard InChI is InChI=1S/C16H17ClN2O3S/c1-12-4-3-5-14(10-12)18-16(20)11-19(2)23(21,22)15-8-6-13(17)7-9-15/h3-10H,11H2,1-2H3,(H,18,20). The summed E-state index contributed by atoms with van der Waals surface area (Å²) in [6, 6.07) is 13.1. The molecule has 7 heteroatoms. The van der Waals surface area contributed by atoms with Crippen molar-refractivity contribution >= 4 is 33.2 Å². The number of hydrogen-bond acceptors (Lipinski definition) is 3. The number of benzene rings is 2. The maximum absolute atomic E-state index is 12.4. The summed E-state index contributed by atoms with van der Waals surface area (Å²) in [5.41, 5.74) is 1.64. The number of anilines is 1. The topological polar surface area (TPSA) is 66.5 Å². The van der Waals surface area contributed by atoms with E-state index in [0.717, 1.165) is 9.87 Å². The number of halogens is 1. The zero-order valence-corrected chi connectivity index (χ0v) is 14.4. The van der Waals surface area contributed by atoms with Gasteiger partial charge in [0.2, 0.25) is 15.9 Å². The number of aryl methyl sites for hydroxylation is 1. The molecule has 0 spiro atoms. The Labute approximate surface area is 140 Å². The largest absolute Gasteiger partial charge is 0.325 e. The molecule has 1 amide bonds. The molecule has 0 aliphatic heterocycles. The van der Waals surface area contributed by atoms with Crippen LogP contribution >= 0.6 is 11.6 Å². The van der Waals surface area contributed by atoms with E-state index in [9.17, 15) is 13.2 Å². The first-order valence-corrected chi connectivity index (χ1v) is 8.69. The van der Waals surface area contributed by atoms with Gasteiger partial charge >= 0.3 is 0 Å². The molecule has 122 valence electrons. The van der Waals surface area contributed by atoms with Crippen LogP contribution in [-0.2, 0) is 14.8 Å². The van der Waals surface area contributed by atoms with Crippen LogP contribution in [0.3, 0.4) is 0 Å². The van der Waals surface area contributed by atoms with E-state index in [1.165, 1.54) is 31.3 Å². The van der Waals surface area contributed by atoms with Crippen molar-refractivity contribution in [2.45, 2.75) is 11.8 Å². The molecule has 0 fully saturated rings. The van der Waals surface area contributed by atoms with Crippen LogP contribution in [0, 0.1) is 6.92 Å². The van der Waals surface area contributed by atoms with E-state index in [0.29, 0.717) is 10.7 Å². The van der Waals surface area contributed by atoms with E-state index in [1.54, 1.807) is 6.07 Å². The number of carbonyl (C=O) groups is 1. The highest BCUT2D eigenvalue weighted by Gasteiger charge is 2.22. The molecule has 2 aromatic carbocycles. The fraction of sp³-hybridized carbons (Fsp3) is 0.188. The minimum absolute atomic E-state index is 0.0905. The fourth-order valence-electron chi connectivity index (χ4n) is 2.00. The summed E-state index contributed by atoms with van der Waals surface area (Å²) < 4.78 is 25.8. The van der Waals surface area contributed by atoms with Crippen molar-refractivity contribution in [2.24, 2.45) is 0 Å². The average Bonchev–Trinajstić information content (AvgIpc) is 2.47. The van der Waals surface area contributed by atoms with Gasteiger partial charge in [-0.15, -0.1) is 0 Å². The number of nitrogens with zero attached hydrogens (tertiary/aromatic N) is 1. The summed E-state index contributed by atoms with van der Waals surface area (Å²) in [4.78, 5) is 12.1. The third kappa shape index (κ3) is 4.54. The number of nitrogens with one attached hydrogen (secondary N) is 1. The van der Waals surface area contributed by atoms with Crippen LogP contribution in [0.25, 0.3) is 0 Å². The Kier molecular flexibility index (Phi) is 5.41. The van der Waals surface area contributed by atoms with Crippen molar-refractivity contribution in [3.63, 3.8) is 0 Å². The van der Waals surface area contributed by atoms with Crippen LogP contribution in [0.2, 0.25) is 5.02 Å². The summed E-state index contributed by atoms with van der Waals surface area (Å²) in [6.07, 6.45) is 0. The van der Waals surface area contributed by atoms with Gasteiger partial charge in [0.05, 0.1) is 11.4 Å². The van der Waals surface area contributed by atoms with E-state index >= 15 is 0 Å². The van der Waals surface area contributed by atoms with Gasteiger partial charge in [-0.25, -0.2) is 8.42 Å². The van der Waals surface area contributed by atoms with E-state index in [-0.39, 0.29) is 11.4 Å². The Morgan fingerprint density at radius 1 is 1.17 bits per heavy atom. The monoisotopic (exact) mass is 352 g/mol. The third-order valence-corrected chi connectivity index (χ3v) is 5.26. The summed E-state index contributed by atoms with van der Waals surface area (Å²) in [5, 5.41) is 3.13. The molecular weight excluding hydrogens is 336 g/mol. The number of amides is 1. The predicted molar refractivity (Wildman–Crippen MR) is 91.1 cm³/mol. The van der Waals surface area contributed by atoms with Gasteiger partial charge < -0.3 is 5.32 Å². The molecule has 0 radical (unpaired) electrons. The quantitative estimate of drug-likeness (QED) is 0.899. The second-order valence-corrected chi connectivity index (χ2v) is 7.61. The van der Waals surface area contributed by atoms with Gasteiger partial charge in [-0.05, 0) is 48.9 Å². The number of carbonyl (C=O) groups excluding carboxylic acids is 1. The Balaban J connectivity index is 2.06. The number of likely N-dealkylation sites (N-methyl/N-ethyl adjacent to an activating group) is 1. The Morgan fingerprint density at radius 3 is 2.43 bits per heavy atom. The summed E-state index contributed by atoms with van der Waals surface area (Å²) in [5.74, 6) is -0.407. The van der Waals surface area contributed by atoms with Crippen LogP contribution < -0.4 is 5.32 Å². The zero-order chi connectivity index (χ0) is 17.0. The maximum atomic E-state index is 12.4. The van der Waals surface area contributed by atoms with E-state index in [1.807, 2.05) is 25.1 Å². The zero-order valence-electron chi connectivity index (χ0n) is 12.8. The fourth-order valence-corrected chi connectivity index (χ4v) is 3.25. The number of hydrogen-bond donors (Lipinski definition) is 1. The lowest BCUT2D eigenvalue weighted by Gasteiger charge is -2.17. The maximum Gasteiger partial charge on any atom is 0.243 e. The Bertz CT molecular complexity index is 804. The van der Waals surface area contributed by atoms with Gasteiger partial charge in [0, 0.05) is 17.8 Å². The van der Waals surface area contributed by atoms with Gasteiger partial charge in [-0.3, -0.25) is 4.79 Å². The molecule has 0 bridgehead atoms. The van der Waals surface area contributed by atoms with Crippen molar-refractivity contribution in [1.82, 2.24) is 4.31 Å². The minimum atomic E-state index is -3.74. The SMILES string of the molecule is Cc1cccc(NC(=O)CN(C)S(=O)(=O)c2ccc(Cl)cc2)c1. The lowest BCUT2D eigenvalue weighted by Crippen LogP contribution is -2.34. The summed E-state index contributed by atoms with van der Waals surface area (Å²) >= 11 is 5.76. The molecule has 0 saturated carbocycles. The molecule has 0 heterocycles. The second-order valence-electron chi connectivity index (χ2n) is 5.13. The van der Waals surface area contributed by atoms with Gasteiger partial charge in [-0.1, -0.05) is 23.7 Å². The smallest absolute Gasteiger partial charge is 0.243 e. The lowest BCUT2D eigenvalue weighted by molar-refractivity contribution is -0.116. The highest BCUT2D eigenvalue weighted by atomic mass is 35.5. The van der Waals surface area contributed by atoms with Gasteiger partial charge in [0.25, 0.3) is 0 Å². The first kappa shape index (κ1) is 17.5. The van der Waals surface area contributed by atoms with Crippen LogP contribution in [0.4, 0.5) is 5.69 Å². The Morgan fingerprint density at radius 2 is 1.83 bits per heavy atom. The second kappa shape index (κ2) is 7.12. The summed E-state index contributed by atoms with van der Waals surface area (Å²) in [7, 11) is -2.38. The molecule has 5 nitrogen and oxygen atoms in total. The first-order chi connectivity index (χ1) is 10.8. The number of sulfonamides is 1. The highest BCUT2D eigenvalue weighted by Crippen LogP contribution is 2.17. The molecule has 2 rings (SSSR count). The van der Waals surface area contributed by atoms with Crippen molar-refractivity contribution in [3.8, 4) is 0 Å². The first-order valence-electron chi connectivity index (χ1n) is 6.87. The summed E-state index contributed by atoms with van der Waals surface area (Å²) in [6.45, 7) is 1.63. The van der Waals surface area contributed by atoms with E-state index in [4.69, 9.17) is 11.6 Å². The minimum Gasteiger partial charge on any atom is -0.325 e. The molecule has 1 N–H and O–H groups in total. The molecule has 0 aliphatic rings. The molecule has 0 unspecified atom stereocenters. The number of rotatable bonds is 5. The molecule has 23 heavy (non-hydrogen) atoms. The van der Waals surface area contributed by atoms with Crippen molar-refractivity contribution < 1.29 is 13.2 Å². The molecule has 0 saturated heterocycles. The van der Waals surface area contributed by atoms with Crippen LogP contribution in [0.5, 0.6) is 0 Å². The highest BCUT2D eigenvalue weighted by molar-refractivity contribution is 7.89. The van der Waals surface area contributed by atoms with Gasteiger partial charge in [-0.2, -0.15) is 4.31 Å². The van der Waals surface area contributed by atoms with Crippen molar-refractivity contribution in [3.05, 3.63) is 59.1 Å². The Hall–Kier alpha value is -1.89. The van der Waals surface area contributed by atoms with E-state index < -0.39 is 15.9 Å². The van der Waals surface area contributed by atoms with Crippen LogP contribution in [0.1, 0.15) is 5.56 Å². The molecule has 0 atom stereocenters. The van der Waals surface area contributed by atoms with Crippen LogP contribution in [0.15, 0.2) is 53.4 Å². The van der Waals surface area contributed by atoms with Gasteiger partial charge in [0.15, 0.2) is 0 Å². The third-order valence-electron chi connectivity index (χ3n) is 3.19. The molecule has 0 aliphatic carbocycles. The predicted octanol–water partition coefficient (Wildman–Crippen LogP) is 2.91. The molecule has 2 aromatic rings. The van der Waals surface area contributed by atoms with E-state index in [2.05, 4.69) is 5.32 Å². The average molecular weight is 353 g/mol. The lowest BCUT2D eigenvalue weighted by atomic mass is 10.2.